The number of amides is 1. The first-order valence-corrected chi connectivity index (χ1v) is 35.3. The van der Waals surface area contributed by atoms with Crippen molar-refractivity contribution >= 4 is 11.9 Å². The predicted octanol–water partition coefficient (Wildman–Crippen LogP) is 22.6. The molecule has 3 N–H and O–H groups in total. The van der Waals surface area contributed by atoms with Crippen molar-refractivity contribution in [1.29, 1.82) is 0 Å². The quantitative estimate of drug-likeness (QED) is 0.0417. The van der Waals surface area contributed by atoms with Crippen LogP contribution in [0, 0.1) is 0 Å². The molecule has 0 rings (SSSR count). The van der Waals surface area contributed by atoms with Crippen molar-refractivity contribution in [3.8, 4) is 0 Å². The number of rotatable bonds is 67. The summed E-state index contributed by atoms with van der Waals surface area (Å²) >= 11 is 0. The summed E-state index contributed by atoms with van der Waals surface area (Å²) in [4.78, 5) is 24.6. The third kappa shape index (κ3) is 62.1. The van der Waals surface area contributed by atoms with Crippen molar-refractivity contribution in [3.05, 3.63) is 0 Å². The van der Waals surface area contributed by atoms with Crippen LogP contribution in [0.1, 0.15) is 412 Å². The molecule has 0 spiro atoms. The van der Waals surface area contributed by atoms with Crippen LogP contribution in [0.4, 0.5) is 0 Å². The van der Waals surface area contributed by atoms with Gasteiger partial charge in [-0.1, -0.05) is 373 Å². The number of carbonyl (C=O) groups excluding carboxylic acids is 2. The van der Waals surface area contributed by atoms with E-state index in [1.807, 2.05) is 0 Å². The van der Waals surface area contributed by atoms with Gasteiger partial charge in [0, 0.05) is 12.8 Å². The number of aliphatic hydroxyl groups excluding tert-OH is 2. The number of ether oxygens (including phenoxy) is 1. The van der Waals surface area contributed by atoms with E-state index in [4.69, 9.17) is 4.74 Å². The zero-order chi connectivity index (χ0) is 55.0. The van der Waals surface area contributed by atoms with Gasteiger partial charge in [-0.15, -0.1) is 0 Å². The van der Waals surface area contributed by atoms with E-state index in [9.17, 15) is 19.8 Å². The maximum absolute atomic E-state index is 12.5. The van der Waals surface area contributed by atoms with Gasteiger partial charge in [0.2, 0.25) is 5.91 Å². The number of nitrogens with one attached hydrogen (secondary N) is 1. The van der Waals surface area contributed by atoms with E-state index in [0.29, 0.717) is 25.9 Å². The smallest absolute Gasteiger partial charge is 0.305 e. The molecule has 0 fully saturated rings. The summed E-state index contributed by atoms with van der Waals surface area (Å²) in [6.07, 6.45) is 80.1. The van der Waals surface area contributed by atoms with Crippen LogP contribution >= 0.6 is 0 Å². The topological polar surface area (TPSA) is 95.9 Å². The number of hydrogen-bond donors (Lipinski definition) is 3. The summed E-state index contributed by atoms with van der Waals surface area (Å²) < 4.78 is 5.51. The highest BCUT2D eigenvalue weighted by molar-refractivity contribution is 5.76. The third-order valence-electron chi connectivity index (χ3n) is 16.9. The first-order valence-electron chi connectivity index (χ1n) is 35.3. The molecule has 454 valence electrons. The highest BCUT2D eigenvalue weighted by Crippen LogP contribution is 2.20. The summed E-state index contributed by atoms with van der Waals surface area (Å²) in [5, 5.41) is 23.3. The lowest BCUT2D eigenvalue weighted by Crippen LogP contribution is -2.45. The lowest BCUT2D eigenvalue weighted by Gasteiger charge is -2.22. The van der Waals surface area contributed by atoms with Crippen LogP contribution in [0.3, 0.4) is 0 Å². The maximum atomic E-state index is 12.5. The molecule has 0 aliphatic heterocycles. The fourth-order valence-corrected chi connectivity index (χ4v) is 11.5. The SMILES string of the molecule is CCCCCCCCCCCCCCCCCCC(=O)OCCCCCCCCCCCCCCCCCCCCCCCCCCCCCCCC(=O)NC(CO)C(O)CCCCCCCCCCCCCCCC. The Bertz CT molecular complexity index is 1100. The molecule has 2 unspecified atom stereocenters. The molecule has 0 aromatic carbocycles. The molecule has 0 aliphatic carbocycles. The second-order valence-corrected chi connectivity index (χ2v) is 24.6. The minimum absolute atomic E-state index is 0.0241. The van der Waals surface area contributed by atoms with Gasteiger partial charge in [0.15, 0.2) is 0 Å². The van der Waals surface area contributed by atoms with Gasteiger partial charge in [-0.3, -0.25) is 9.59 Å². The zero-order valence-corrected chi connectivity index (χ0v) is 52.0. The molecule has 76 heavy (non-hydrogen) atoms. The molecular weight excluding hydrogens is 935 g/mol. The molecule has 2 atom stereocenters. The molecule has 6 nitrogen and oxygen atoms in total. The highest BCUT2D eigenvalue weighted by atomic mass is 16.5. The van der Waals surface area contributed by atoms with Crippen molar-refractivity contribution in [3.63, 3.8) is 0 Å². The van der Waals surface area contributed by atoms with Gasteiger partial charge in [-0.25, -0.2) is 0 Å². The highest BCUT2D eigenvalue weighted by Gasteiger charge is 2.20. The van der Waals surface area contributed by atoms with Crippen LogP contribution in [0.2, 0.25) is 0 Å². The van der Waals surface area contributed by atoms with Gasteiger partial charge in [0.25, 0.3) is 0 Å². The molecule has 0 heterocycles. The van der Waals surface area contributed by atoms with Crippen molar-refractivity contribution < 1.29 is 24.5 Å². The van der Waals surface area contributed by atoms with Crippen molar-refractivity contribution in [1.82, 2.24) is 5.32 Å². The van der Waals surface area contributed by atoms with Crippen LogP contribution < -0.4 is 5.32 Å². The van der Waals surface area contributed by atoms with Gasteiger partial charge in [0.1, 0.15) is 0 Å². The Labute approximate surface area is 476 Å². The Balaban J connectivity index is 3.30. The number of hydrogen-bond acceptors (Lipinski definition) is 5. The minimum Gasteiger partial charge on any atom is -0.466 e. The van der Waals surface area contributed by atoms with Crippen LogP contribution in [0.25, 0.3) is 0 Å². The lowest BCUT2D eigenvalue weighted by atomic mass is 10.0. The largest absolute Gasteiger partial charge is 0.466 e. The van der Waals surface area contributed by atoms with Gasteiger partial charge in [-0.2, -0.15) is 0 Å². The molecular formula is C70H139NO5. The summed E-state index contributed by atoms with van der Waals surface area (Å²) in [6, 6.07) is -0.537. The molecule has 0 aromatic heterocycles. The van der Waals surface area contributed by atoms with E-state index in [1.54, 1.807) is 0 Å². The Morgan fingerprint density at radius 3 is 0.803 bits per heavy atom. The summed E-state index contributed by atoms with van der Waals surface area (Å²) in [6.45, 7) is 5.00. The molecule has 0 saturated carbocycles. The second kappa shape index (κ2) is 66.4. The first kappa shape index (κ1) is 74.9. The maximum Gasteiger partial charge on any atom is 0.305 e. The van der Waals surface area contributed by atoms with Crippen molar-refractivity contribution in [2.24, 2.45) is 0 Å². The van der Waals surface area contributed by atoms with E-state index in [2.05, 4.69) is 19.2 Å². The lowest BCUT2D eigenvalue weighted by molar-refractivity contribution is -0.143. The Morgan fingerprint density at radius 2 is 0.539 bits per heavy atom. The van der Waals surface area contributed by atoms with E-state index >= 15 is 0 Å². The number of unbranched alkanes of at least 4 members (excludes halogenated alkanes) is 56. The van der Waals surface area contributed by atoms with E-state index in [-0.39, 0.29) is 18.5 Å². The van der Waals surface area contributed by atoms with Crippen LogP contribution in [0.15, 0.2) is 0 Å². The monoisotopic (exact) mass is 1070 g/mol. The molecule has 0 saturated heterocycles. The number of carbonyl (C=O) groups is 2. The summed E-state index contributed by atoms with van der Waals surface area (Å²) in [5.74, 6) is -0.00393. The summed E-state index contributed by atoms with van der Waals surface area (Å²) in [5.41, 5.74) is 0. The number of aliphatic hydroxyl groups is 2. The zero-order valence-electron chi connectivity index (χ0n) is 52.0. The van der Waals surface area contributed by atoms with Gasteiger partial charge in [-0.05, 0) is 25.7 Å². The van der Waals surface area contributed by atoms with Crippen LogP contribution in [-0.2, 0) is 14.3 Å². The molecule has 0 bridgehead atoms. The molecule has 0 aliphatic rings. The summed E-state index contributed by atoms with van der Waals surface area (Å²) in [7, 11) is 0. The first-order chi connectivity index (χ1) is 37.5. The second-order valence-electron chi connectivity index (χ2n) is 24.6. The van der Waals surface area contributed by atoms with Crippen molar-refractivity contribution in [2.45, 2.75) is 424 Å². The van der Waals surface area contributed by atoms with Crippen LogP contribution in [0.5, 0.6) is 0 Å². The Hall–Kier alpha value is -1.14. The Morgan fingerprint density at radius 1 is 0.316 bits per heavy atom. The van der Waals surface area contributed by atoms with Gasteiger partial charge in [0.05, 0.1) is 25.4 Å². The fraction of sp³-hybridized carbons (Fsp3) is 0.971. The van der Waals surface area contributed by atoms with E-state index < -0.39 is 12.1 Å². The van der Waals surface area contributed by atoms with Gasteiger partial charge >= 0.3 is 5.97 Å². The molecule has 0 radical (unpaired) electrons. The normalized spacial score (nSPS) is 12.4. The third-order valence-corrected chi connectivity index (χ3v) is 16.9. The predicted molar refractivity (Wildman–Crippen MR) is 334 cm³/mol. The average Bonchev–Trinajstić information content (AvgIpc) is 3.42. The van der Waals surface area contributed by atoms with E-state index in [0.717, 1.165) is 38.5 Å². The Kier molecular flexibility index (Phi) is 65.4. The fourth-order valence-electron chi connectivity index (χ4n) is 11.5. The molecule has 1 amide bonds. The van der Waals surface area contributed by atoms with Crippen LogP contribution in [-0.4, -0.2) is 47.4 Å². The standard InChI is InChI=1S/C70H139NO5/c1-3-5-7-9-11-13-15-17-19-36-40-44-48-52-56-60-64-70(75)76-65-61-57-53-49-45-41-37-34-32-30-28-26-24-22-20-21-23-25-27-29-31-33-35-39-43-47-51-55-59-63-69(74)71-67(66-72)68(73)62-58-54-50-46-42-38-18-16-14-12-10-8-6-4-2/h67-68,72-73H,3-66H2,1-2H3,(H,71,74). The van der Waals surface area contributed by atoms with E-state index in [1.165, 1.54) is 340 Å². The van der Waals surface area contributed by atoms with Crippen molar-refractivity contribution in [2.75, 3.05) is 13.2 Å². The van der Waals surface area contributed by atoms with Gasteiger partial charge < -0.3 is 20.3 Å². The minimum atomic E-state index is -0.660. The molecule has 0 aromatic rings. The number of esters is 1. The average molecular weight is 1070 g/mol. The molecule has 6 heteroatoms.